The maximum Gasteiger partial charge on any atom is 0.275 e. The summed E-state index contributed by atoms with van der Waals surface area (Å²) in [6.45, 7) is 0.225. The Morgan fingerprint density at radius 2 is 1.75 bits per heavy atom. The zero-order valence-electron chi connectivity index (χ0n) is 14.6. The number of amides is 1. The van der Waals surface area contributed by atoms with Gasteiger partial charge in [0.25, 0.3) is 5.91 Å². The first-order valence-corrected chi connectivity index (χ1v) is 9.07. The van der Waals surface area contributed by atoms with Crippen LogP contribution in [0.2, 0.25) is 10.0 Å². The van der Waals surface area contributed by atoms with Gasteiger partial charge in [-0.1, -0.05) is 53.5 Å². The number of rotatable bonds is 6. The highest BCUT2D eigenvalue weighted by Gasteiger charge is 2.09. The number of nitrogens with one attached hydrogen (secondary N) is 1. The van der Waals surface area contributed by atoms with Crippen molar-refractivity contribution in [3.05, 3.63) is 93.5 Å². The number of hydrazone groups is 1. The number of para-hydroxylation sites is 1. The number of phenols is 1. The molecule has 0 aromatic heterocycles. The van der Waals surface area contributed by atoms with Crippen molar-refractivity contribution in [2.45, 2.75) is 6.61 Å². The van der Waals surface area contributed by atoms with Crippen LogP contribution in [0.25, 0.3) is 0 Å². The Bertz CT molecular complexity index is 1000. The maximum absolute atomic E-state index is 12.0. The highest BCUT2D eigenvalue weighted by atomic mass is 35.5. The molecular weight excluding hydrogens is 399 g/mol. The molecule has 3 rings (SSSR count). The van der Waals surface area contributed by atoms with Crippen LogP contribution in [0.5, 0.6) is 11.5 Å². The SMILES string of the molecule is O=C(N/N=C\c1cccc(OCc2c(Cl)cccc2Cl)c1)c1ccccc1O. The van der Waals surface area contributed by atoms with Crippen LogP contribution in [-0.2, 0) is 6.61 Å². The van der Waals surface area contributed by atoms with Crippen LogP contribution in [0.15, 0.2) is 71.8 Å². The third-order valence-corrected chi connectivity index (χ3v) is 4.54. The normalized spacial score (nSPS) is 10.8. The summed E-state index contributed by atoms with van der Waals surface area (Å²) in [6.07, 6.45) is 1.48. The summed E-state index contributed by atoms with van der Waals surface area (Å²) < 4.78 is 5.76. The third-order valence-electron chi connectivity index (χ3n) is 3.83. The van der Waals surface area contributed by atoms with Gasteiger partial charge in [0.05, 0.1) is 11.8 Å². The highest BCUT2D eigenvalue weighted by molar-refractivity contribution is 6.35. The summed E-state index contributed by atoms with van der Waals surface area (Å²) in [5.74, 6) is -0.00841. The van der Waals surface area contributed by atoms with Crippen LogP contribution in [0, 0.1) is 0 Å². The topological polar surface area (TPSA) is 70.9 Å². The number of ether oxygens (including phenoxy) is 1. The fraction of sp³-hybridized carbons (Fsp3) is 0.0476. The Labute approximate surface area is 172 Å². The number of benzene rings is 3. The quantitative estimate of drug-likeness (QED) is 0.438. The molecular formula is C21H16Cl2N2O3. The van der Waals surface area contributed by atoms with Crippen LogP contribution >= 0.6 is 23.2 Å². The minimum absolute atomic E-state index is 0.108. The van der Waals surface area contributed by atoms with Gasteiger partial charge in [-0.3, -0.25) is 4.79 Å². The fourth-order valence-electron chi connectivity index (χ4n) is 2.40. The summed E-state index contributed by atoms with van der Waals surface area (Å²) in [4.78, 5) is 12.0. The van der Waals surface area contributed by atoms with Crippen LogP contribution in [-0.4, -0.2) is 17.2 Å². The molecule has 0 unspecified atom stereocenters. The van der Waals surface area contributed by atoms with Gasteiger partial charge in [-0.25, -0.2) is 5.43 Å². The largest absolute Gasteiger partial charge is 0.507 e. The molecule has 0 radical (unpaired) electrons. The molecule has 0 saturated heterocycles. The van der Waals surface area contributed by atoms with Gasteiger partial charge in [0.1, 0.15) is 18.1 Å². The van der Waals surface area contributed by atoms with Crippen molar-refractivity contribution in [3.63, 3.8) is 0 Å². The predicted molar refractivity (Wildman–Crippen MR) is 110 cm³/mol. The number of halogens is 2. The van der Waals surface area contributed by atoms with E-state index >= 15 is 0 Å². The number of hydrogen-bond donors (Lipinski definition) is 2. The van der Waals surface area contributed by atoms with Crippen LogP contribution < -0.4 is 10.2 Å². The number of carbonyl (C=O) groups excluding carboxylic acids is 1. The van der Waals surface area contributed by atoms with Crippen molar-refractivity contribution in [1.82, 2.24) is 5.43 Å². The second-order valence-electron chi connectivity index (χ2n) is 5.78. The number of phenolic OH excluding ortho intramolecular Hbond substituents is 1. The Kier molecular flexibility index (Phi) is 6.53. The lowest BCUT2D eigenvalue weighted by Gasteiger charge is -2.09. The van der Waals surface area contributed by atoms with Gasteiger partial charge in [0, 0.05) is 15.6 Å². The van der Waals surface area contributed by atoms with E-state index in [2.05, 4.69) is 10.5 Å². The standard InChI is InChI=1S/C21H16Cl2N2O3/c22-18-8-4-9-19(23)17(18)13-28-15-6-3-5-14(11-15)12-24-25-21(27)16-7-1-2-10-20(16)26/h1-12,26H,13H2,(H,25,27)/b24-12-. The second-order valence-corrected chi connectivity index (χ2v) is 6.59. The average Bonchev–Trinajstić information content (AvgIpc) is 2.68. The molecule has 0 aliphatic rings. The van der Waals surface area contributed by atoms with Crippen molar-refractivity contribution in [1.29, 1.82) is 0 Å². The van der Waals surface area contributed by atoms with E-state index in [4.69, 9.17) is 27.9 Å². The molecule has 142 valence electrons. The highest BCUT2D eigenvalue weighted by Crippen LogP contribution is 2.26. The molecule has 28 heavy (non-hydrogen) atoms. The van der Waals surface area contributed by atoms with Gasteiger partial charge in [-0.05, 0) is 42.0 Å². The van der Waals surface area contributed by atoms with Gasteiger partial charge in [0.2, 0.25) is 0 Å². The van der Waals surface area contributed by atoms with Gasteiger partial charge in [-0.2, -0.15) is 5.10 Å². The maximum atomic E-state index is 12.0. The van der Waals surface area contributed by atoms with E-state index in [-0.39, 0.29) is 17.9 Å². The number of aromatic hydroxyl groups is 1. The molecule has 3 aromatic carbocycles. The van der Waals surface area contributed by atoms with Crippen molar-refractivity contribution >= 4 is 35.3 Å². The van der Waals surface area contributed by atoms with E-state index in [1.165, 1.54) is 18.3 Å². The van der Waals surface area contributed by atoms with Crippen molar-refractivity contribution in [2.24, 2.45) is 5.10 Å². The van der Waals surface area contributed by atoms with E-state index in [0.29, 0.717) is 21.4 Å². The summed E-state index contributed by atoms with van der Waals surface area (Å²) in [7, 11) is 0. The van der Waals surface area contributed by atoms with Gasteiger partial charge >= 0.3 is 0 Å². The van der Waals surface area contributed by atoms with Crippen LogP contribution in [0.4, 0.5) is 0 Å². The van der Waals surface area contributed by atoms with Crippen molar-refractivity contribution in [2.75, 3.05) is 0 Å². The monoisotopic (exact) mass is 414 g/mol. The van der Waals surface area contributed by atoms with Gasteiger partial charge in [0.15, 0.2) is 0 Å². The number of nitrogens with zero attached hydrogens (tertiary/aromatic N) is 1. The van der Waals surface area contributed by atoms with Crippen LogP contribution in [0.1, 0.15) is 21.5 Å². The van der Waals surface area contributed by atoms with E-state index in [1.807, 2.05) is 6.07 Å². The molecule has 3 aromatic rings. The number of carbonyl (C=O) groups is 1. The molecule has 0 fully saturated rings. The summed E-state index contributed by atoms with van der Waals surface area (Å²) in [5.41, 5.74) is 3.95. The molecule has 0 spiro atoms. The lowest BCUT2D eigenvalue weighted by molar-refractivity contribution is 0.0952. The first-order chi connectivity index (χ1) is 13.5. The predicted octanol–water partition coefficient (Wildman–Crippen LogP) is 5.04. The fourth-order valence-corrected chi connectivity index (χ4v) is 2.91. The third kappa shape index (κ3) is 5.03. The summed E-state index contributed by atoms with van der Waals surface area (Å²) in [6, 6.07) is 18.7. The molecule has 5 nitrogen and oxygen atoms in total. The Morgan fingerprint density at radius 3 is 2.50 bits per heavy atom. The smallest absolute Gasteiger partial charge is 0.275 e. The zero-order valence-corrected chi connectivity index (χ0v) is 16.1. The minimum atomic E-state index is -0.505. The van der Waals surface area contributed by atoms with Gasteiger partial charge < -0.3 is 9.84 Å². The first-order valence-electron chi connectivity index (χ1n) is 8.32. The van der Waals surface area contributed by atoms with Crippen LogP contribution in [0.3, 0.4) is 0 Å². The average molecular weight is 415 g/mol. The van der Waals surface area contributed by atoms with Crippen molar-refractivity contribution in [3.8, 4) is 11.5 Å². The molecule has 0 aliphatic heterocycles. The van der Waals surface area contributed by atoms with E-state index in [0.717, 1.165) is 5.56 Å². The summed E-state index contributed by atoms with van der Waals surface area (Å²) >= 11 is 12.3. The zero-order chi connectivity index (χ0) is 19.9. The molecule has 1 amide bonds. The lowest BCUT2D eigenvalue weighted by Crippen LogP contribution is -2.17. The Morgan fingerprint density at radius 1 is 1.04 bits per heavy atom. The molecule has 0 bridgehead atoms. The van der Waals surface area contributed by atoms with E-state index < -0.39 is 5.91 Å². The summed E-state index contributed by atoms with van der Waals surface area (Å²) in [5, 5.41) is 14.7. The molecule has 7 heteroatoms. The Balaban J connectivity index is 1.62. The molecule has 0 saturated carbocycles. The molecule has 0 atom stereocenters. The Hall–Kier alpha value is -3.02. The van der Waals surface area contributed by atoms with Gasteiger partial charge in [-0.15, -0.1) is 0 Å². The van der Waals surface area contributed by atoms with E-state index in [9.17, 15) is 9.90 Å². The number of hydrogen-bond acceptors (Lipinski definition) is 4. The first kappa shape index (κ1) is 19.7. The molecule has 0 heterocycles. The molecule has 2 N–H and O–H groups in total. The molecule has 0 aliphatic carbocycles. The second kappa shape index (κ2) is 9.26. The minimum Gasteiger partial charge on any atom is -0.507 e. The van der Waals surface area contributed by atoms with Crippen molar-refractivity contribution < 1.29 is 14.6 Å². The lowest BCUT2D eigenvalue weighted by atomic mass is 10.2. The van der Waals surface area contributed by atoms with E-state index in [1.54, 1.807) is 48.5 Å².